The minimum atomic E-state index is -2.99. The van der Waals surface area contributed by atoms with Gasteiger partial charge in [0, 0.05) is 6.42 Å². The number of hydrogen-bond donors (Lipinski definition) is 0. The van der Waals surface area contributed by atoms with Gasteiger partial charge in [0.1, 0.15) is 0 Å². The highest BCUT2D eigenvalue weighted by atomic mass is 32.2. The number of ether oxygens (including phenoxy) is 1. The summed E-state index contributed by atoms with van der Waals surface area (Å²) in [5.74, 6) is -0.904. The lowest BCUT2D eigenvalue weighted by atomic mass is 10.0. The van der Waals surface area contributed by atoms with E-state index in [4.69, 9.17) is 4.42 Å². The molecular formula is C12H14O6S. The maximum absolute atomic E-state index is 11.9. The first-order valence-electron chi connectivity index (χ1n) is 5.83. The van der Waals surface area contributed by atoms with Crippen LogP contribution in [0.5, 0.6) is 0 Å². The van der Waals surface area contributed by atoms with Crippen molar-refractivity contribution < 1.29 is 27.2 Å². The summed E-state index contributed by atoms with van der Waals surface area (Å²) < 4.78 is 32.1. The Labute approximate surface area is 110 Å². The maximum atomic E-state index is 11.9. The van der Waals surface area contributed by atoms with Gasteiger partial charge in [0.25, 0.3) is 0 Å². The lowest BCUT2D eigenvalue weighted by Crippen LogP contribution is -2.10. The molecule has 1 aromatic heterocycles. The van der Waals surface area contributed by atoms with Crippen molar-refractivity contribution in [2.45, 2.75) is 12.8 Å². The second kappa shape index (κ2) is 5.16. The third kappa shape index (κ3) is 3.23. The highest BCUT2D eigenvalue weighted by Crippen LogP contribution is 2.24. The largest absolute Gasteiger partial charge is 0.463 e. The predicted molar refractivity (Wildman–Crippen MR) is 65.8 cm³/mol. The summed E-state index contributed by atoms with van der Waals surface area (Å²) in [5.41, 5.74) is 0. The lowest BCUT2D eigenvalue weighted by molar-refractivity contribution is 0.0563. The van der Waals surface area contributed by atoms with Crippen LogP contribution in [0.2, 0.25) is 0 Å². The summed E-state index contributed by atoms with van der Waals surface area (Å²) in [7, 11) is -1.77. The molecule has 2 rings (SSSR count). The Morgan fingerprint density at radius 1 is 1.37 bits per heavy atom. The summed E-state index contributed by atoms with van der Waals surface area (Å²) in [5, 5.41) is 0. The number of carbonyl (C=O) groups excluding carboxylic acids is 2. The molecule has 0 spiro atoms. The topological polar surface area (TPSA) is 90.7 Å². The van der Waals surface area contributed by atoms with Crippen LogP contribution in [0, 0.1) is 5.92 Å². The first kappa shape index (κ1) is 13.8. The lowest BCUT2D eigenvalue weighted by Gasteiger charge is -2.04. The van der Waals surface area contributed by atoms with Gasteiger partial charge < -0.3 is 9.15 Å². The number of furan rings is 1. The molecule has 0 amide bonds. The Kier molecular flexibility index (Phi) is 3.75. The summed E-state index contributed by atoms with van der Waals surface area (Å²) >= 11 is 0. The number of methoxy groups -OCH3 is 1. The van der Waals surface area contributed by atoms with E-state index in [9.17, 15) is 18.0 Å². The molecular weight excluding hydrogens is 272 g/mol. The number of rotatable bonds is 4. The molecule has 0 N–H and O–H groups in total. The Morgan fingerprint density at radius 3 is 2.63 bits per heavy atom. The van der Waals surface area contributed by atoms with Crippen molar-refractivity contribution in [2.75, 3.05) is 18.6 Å². The minimum absolute atomic E-state index is 0.0371. The molecule has 1 saturated heterocycles. The first-order chi connectivity index (χ1) is 8.91. The molecule has 6 nitrogen and oxygen atoms in total. The van der Waals surface area contributed by atoms with Gasteiger partial charge in [0.05, 0.1) is 18.6 Å². The van der Waals surface area contributed by atoms with E-state index in [2.05, 4.69) is 4.74 Å². The van der Waals surface area contributed by atoms with Gasteiger partial charge in [-0.25, -0.2) is 13.2 Å². The van der Waals surface area contributed by atoms with Crippen LogP contribution in [0.4, 0.5) is 0 Å². The predicted octanol–water partition coefficient (Wildman–Crippen LogP) is 1.07. The Bertz CT molecular complexity index is 597. The van der Waals surface area contributed by atoms with Crippen molar-refractivity contribution in [2.24, 2.45) is 5.92 Å². The molecule has 0 aromatic carbocycles. The van der Waals surface area contributed by atoms with Gasteiger partial charge >= 0.3 is 5.97 Å². The van der Waals surface area contributed by atoms with Gasteiger partial charge in [-0.15, -0.1) is 0 Å². The van der Waals surface area contributed by atoms with Crippen LogP contribution in [0.15, 0.2) is 16.5 Å². The summed E-state index contributed by atoms with van der Waals surface area (Å²) in [6.07, 6.45) is 0.617. The van der Waals surface area contributed by atoms with Gasteiger partial charge in [-0.2, -0.15) is 0 Å². The second-order valence-corrected chi connectivity index (χ2v) is 6.78. The van der Waals surface area contributed by atoms with Crippen molar-refractivity contribution in [3.63, 3.8) is 0 Å². The smallest absolute Gasteiger partial charge is 0.373 e. The quantitative estimate of drug-likeness (QED) is 0.607. The molecule has 1 aliphatic rings. The second-order valence-electron chi connectivity index (χ2n) is 4.55. The molecule has 0 radical (unpaired) electrons. The molecule has 1 aliphatic heterocycles. The molecule has 7 heteroatoms. The maximum Gasteiger partial charge on any atom is 0.373 e. The third-order valence-electron chi connectivity index (χ3n) is 3.07. The van der Waals surface area contributed by atoms with Crippen LogP contribution < -0.4 is 0 Å². The van der Waals surface area contributed by atoms with Gasteiger partial charge in [0.15, 0.2) is 21.4 Å². The number of ketones is 1. The van der Waals surface area contributed by atoms with Crippen molar-refractivity contribution in [1.82, 2.24) is 0 Å². The van der Waals surface area contributed by atoms with E-state index in [1.165, 1.54) is 19.2 Å². The van der Waals surface area contributed by atoms with Gasteiger partial charge in [-0.1, -0.05) is 0 Å². The fraction of sp³-hybridized carbons (Fsp3) is 0.500. The highest BCUT2D eigenvalue weighted by Gasteiger charge is 2.30. The van der Waals surface area contributed by atoms with Crippen LogP contribution in [0.25, 0.3) is 0 Å². The van der Waals surface area contributed by atoms with Crippen LogP contribution in [-0.2, 0) is 14.6 Å². The van der Waals surface area contributed by atoms with E-state index in [0.29, 0.717) is 6.42 Å². The average Bonchev–Trinajstić information content (AvgIpc) is 2.95. The van der Waals surface area contributed by atoms with Gasteiger partial charge in [-0.3, -0.25) is 4.79 Å². The molecule has 0 saturated carbocycles. The van der Waals surface area contributed by atoms with Crippen molar-refractivity contribution in [3.8, 4) is 0 Å². The fourth-order valence-electron chi connectivity index (χ4n) is 2.09. The minimum Gasteiger partial charge on any atom is -0.463 e. The highest BCUT2D eigenvalue weighted by molar-refractivity contribution is 7.91. The van der Waals surface area contributed by atoms with E-state index in [1.54, 1.807) is 0 Å². The van der Waals surface area contributed by atoms with Crippen LogP contribution >= 0.6 is 0 Å². The van der Waals surface area contributed by atoms with Crippen molar-refractivity contribution in [3.05, 3.63) is 23.7 Å². The Balaban J connectivity index is 2.01. The number of sulfone groups is 1. The molecule has 1 aromatic rings. The zero-order valence-electron chi connectivity index (χ0n) is 10.4. The number of hydrogen-bond acceptors (Lipinski definition) is 6. The number of Topliss-reactive ketones (excluding diaryl/α,β-unsaturated/α-hetero) is 1. The molecule has 0 bridgehead atoms. The van der Waals surface area contributed by atoms with Crippen molar-refractivity contribution >= 4 is 21.6 Å². The fourth-order valence-corrected chi connectivity index (χ4v) is 3.96. The Hall–Kier alpha value is -1.63. The average molecular weight is 286 g/mol. The standard InChI is InChI=1S/C12H14O6S/c1-17-12(14)11-3-2-10(18-11)9(13)6-8-4-5-19(15,16)7-8/h2-3,8H,4-7H2,1H3. The monoisotopic (exact) mass is 286 g/mol. The Morgan fingerprint density at radius 2 is 2.05 bits per heavy atom. The molecule has 104 valence electrons. The summed E-state index contributed by atoms with van der Waals surface area (Å²) in [6.45, 7) is 0. The van der Waals surface area contributed by atoms with E-state index in [0.717, 1.165) is 0 Å². The van der Waals surface area contributed by atoms with E-state index in [1.807, 2.05) is 0 Å². The van der Waals surface area contributed by atoms with Crippen LogP contribution in [0.1, 0.15) is 34.0 Å². The first-order valence-corrected chi connectivity index (χ1v) is 7.65. The molecule has 1 atom stereocenters. The molecule has 0 aliphatic carbocycles. The SMILES string of the molecule is COC(=O)c1ccc(C(=O)CC2CCS(=O)(=O)C2)o1. The van der Waals surface area contributed by atoms with Crippen LogP contribution in [-0.4, -0.2) is 38.8 Å². The van der Waals surface area contributed by atoms with E-state index < -0.39 is 15.8 Å². The molecule has 1 fully saturated rings. The van der Waals surface area contributed by atoms with Crippen molar-refractivity contribution in [1.29, 1.82) is 0 Å². The zero-order valence-corrected chi connectivity index (χ0v) is 11.2. The van der Waals surface area contributed by atoms with Gasteiger partial charge in [0.2, 0.25) is 5.76 Å². The third-order valence-corrected chi connectivity index (χ3v) is 4.91. The van der Waals surface area contributed by atoms with Gasteiger partial charge in [-0.05, 0) is 24.5 Å². The summed E-state index contributed by atoms with van der Waals surface area (Å²) in [6, 6.07) is 2.77. The van der Waals surface area contributed by atoms with E-state index in [-0.39, 0.29) is 41.1 Å². The molecule has 2 heterocycles. The van der Waals surface area contributed by atoms with Crippen LogP contribution in [0.3, 0.4) is 0 Å². The number of esters is 1. The number of carbonyl (C=O) groups is 2. The zero-order chi connectivity index (χ0) is 14.0. The summed E-state index contributed by atoms with van der Waals surface area (Å²) in [4.78, 5) is 23.1. The molecule has 1 unspecified atom stereocenters. The normalized spacial score (nSPS) is 21.2. The van der Waals surface area contributed by atoms with E-state index >= 15 is 0 Å². The molecule has 19 heavy (non-hydrogen) atoms.